The lowest BCUT2D eigenvalue weighted by molar-refractivity contribution is -0.140. The average molecular weight is 204 g/mol. The van der Waals surface area contributed by atoms with Crippen molar-refractivity contribution in [3.8, 4) is 0 Å². The van der Waals surface area contributed by atoms with Crippen molar-refractivity contribution >= 4 is 12.1 Å². The number of carbonyl (C=O) groups is 2. The van der Waals surface area contributed by atoms with Crippen molar-refractivity contribution in [1.82, 2.24) is 0 Å². The number of methoxy groups -OCH3 is 1. The fourth-order valence-corrected chi connectivity index (χ4v) is 0.986. The molecule has 14 heavy (non-hydrogen) atoms. The van der Waals surface area contributed by atoms with E-state index in [-0.39, 0.29) is 12.6 Å². The quantitative estimate of drug-likeness (QED) is 0.505. The Morgan fingerprint density at radius 3 is 2.36 bits per heavy atom. The maximum Gasteiger partial charge on any atom is 0.505 e. The Kier molecular flexibility index (Phi) is 7.59. The third-order valence-electron chi connectivity index (χ3n) is 1.73. The van der Waals surface area contributed by atoms with Crippen LogP contribution in [0.5, 0.6) is 0 Å². The number of carbonyl (C=O) groups excluding carboxylic acids is 1. The molecule has 0 aliphatic carbocycles. The molecule has 1 N–H and O–H groups in total. The van der Waals surface area contributed by atoms with Crippen molar-refractivity contribution in [2.45, 2.75) is 32.1 Å². The lowest BCUT2D eigenvalue weighted by atomic mass is 10.1. The molecule has 5 nitrogen and oxygen atoms in total. The summed E-state index contributed by atoms with van der Waals surface area (Å²) in [6.07, 6.45) is 2.42. The van der Waals surface area contributed by atoms with Gasteiger partial charge in [0.25, 0.3) is 0 Å². The van der Waals surface area contributed by atoms with Crippen LogP contribution >= 0.6 is 0 Å². The number of hydrogen-bond acceptors (Lipinski definition) is 4. The highest BCUT2D eigenvalue weighted by molar-refractivity contribution is 5.68. The molecule has 0 rings (SSSR count). The van der Waals surface area contributed by atoms with Crippen molar-refractivity contribution in [3.05, 3.63) is 0 Å². The summed E-state index contributed by atoms with van der Waals surface area (Å²) < 4.78 is 8.78. The smallest absolute Gasteiger partial charge is 0.469 e. The number of ether oxygens (including phenoxy) is 2. The maximum absolute atomic E-state index is 10.7. The third-order valence-corrected chi connectivity index (χ3v) is 1.73. The van der Waals surface area contributed by atoms with Crippen LogP contribution in [0.15, 0.2) is 0 Å². The molecule has 82 valence electrons. The van der Waals surface area contributed by atoms with E-state index in [2.05, 4.69) is 9.47 Å². The summed E-state index contributed by atoms with van der Waals surface area (Å²) in [5.74, 6) is -0.202. The number of carboxylic acid groups (broad SMARTS) is 1. The van der Waals surface area contributed by atoms with Crippen LogP contribution < -0.4 is 0 Å². The maximum atomic E-state index is 10.7. The minimum atomic E-state index is -1.24. The van der Waals surface area contributed by atoms with Gasteiger partial charge in [-0.2, -0.15) is 0 Å². The van der Waals surface area contributed by atoms with Gasteiger partial charge in [0.2, 0.25) is 0 Å². The van der Waals surface area contributed by atoms with Gasteiger partial charge in [-0.1, -0.05) is 12.8 Å². The number of rotatable bonds is 7. The van der Waals surface area contributed by atoms with Gasteiger partial charge >= 0.3 is 12.1 Å². The molecule has 0 heterocycles. The van der Waals surface area contributed by atoms with Crippen LogP contribution in [0.1, 0.15) is 32.1 Å². The van der Waals surface area contributed by atoms with E-state index < -0.39 is 6.16 Å². The highest BCUT2D eigenvalue weighted by Crippen LogP contribution is 2.03. The van der Waals surface area contributed by atoms with Crippen LogP contribution in [0.2, 0.25) is 0 Å². The van der Waals surface area contributed by atoms with Gasteiger partial charge in [-0.05, 0) is 12.8 Å². The van der Waals surface area contributed by atoms with E-state index >= 15 is 0 Å². The summed E-state index contributed by atoms with van der Waals surface area (Å²) in [6, 6.07) is 0. The zero-order valence-electron chi connectivity index (χ0n) is 8.32. The van der Waals surface area contributed by atoms with Crippen molar-refractivity contribution in [2.75, 3.05) is 13.7 Å². The van der Waals surface area contributed by atoms with Crippen LogP contribution in [0.3, 0.4) is 0 Å². The third kappa shape index (κ3) is 8.83. The highest BCUT2D eigenvalue weighted by atomic mass is 16.7. The summed E-state index contributed by atoms with van der Waals surface area (Å²) >= 11 is 0. The molecule has 5 heteroatoms. The summed E-state index contributed by atoms with van der Waals surface area (Å²) in [5.41, 5.74) is 0. The molecule has 0 radical (unpaired) electrons. The first-order chi connectivity index (χ1) is 6.66. The first-order valence-electron chi connectivity index (χ1n) is 4.59. The van der Waals surface area contributed by atoms with E-state index in [1.807, 2.05) is 0 Å². The Morgan fingerprint density at radius 2 is 1.79 bits per heavy atom. The lowest BCUT2D eigenvalue weighted by Gasteiger charge is -2.00. The van der Waals surface area contributed by atoms with Gasteiger partial charge in [0.1, 0.15) is 0 Å². The second kappa shape index (κ2) is 8.34. The SMILES string of the molecule is COC(=O)CCCCCCOC(=O)O. The predicted octanol–water partition coefficient (Wildman–Crippen LogP) is 1.80. The summed E-state index contributed by atoms with van der Waals surface area (Å²) in [4.78, 5) is 20.6. The van der Waals surface area contributed by atoms with Gasteiger partial charge in [-0.25, -0.2) is 4.79 Å². The summed E-state index contributed by atoms with van der Waals surface area (Å²) in [5, 5.41) is 8.14. The van der Waals surface area contributed by atoms with Gasteiger partial charge in [0.05, 0.1) is 13.7 Å². The molecule has 0 fully saturated rings. The number of unbranched alkanes of at least 4 members (excludes halogenated alkanes) is 3. The van der Waals surface area contributed by atoms with E-state index in [4.69, 9.17) is 5.11 Å². The fraction of sp³-hybridized carbons (Fsp3) is 0.778. The van der Waals surface area contributed by atoms with Crippen molar-refractivity contribution < 1.29 is 24.2 Å². The zero-order valence-corrected chi connectivity index (χ0v) is 8.32. The van der Waals surface area contributed by atoms with E-state index in [0.717, 1.165) is 19.3 Å². The molecule has 0 spiro atoms. The fourth-order valence-electron chi connectivity index (χ4n) is 0.986. The number of hydrogen-bond donors (Lipinski definition) is 1. The first kappa shape index (κ1) is 12.7. The Morgan fingerprint density at radius 1 is 1.14 bits per heavy atom. The Labute approximate surface area is 83.0 Å². The molecular formula is C9H16O5. The summed E-state index contributed by atoms with van der Waals surface area (Å²) in [7, 11) is 1.36. The van der Waals surface area contributed by atoms with Crippen LogP contribution in [-0.2, 0) is 14.3 Å². The van der Waals surface area contributed by atoms with Crippen LogP contribution in [0.4, 0.5) is 4.79 Å². The van der Waals surface area contributed by atoms with E-state index in [1.54, 1.807) is 0 Å². The van der Waals surface area contributed by atoms with Gasteiger partial charge in [0.15, 0.2) is 0 Å². The second-order valence-corrected chi connectivity index (χ2v) is 2.85. The predicted molar refractivity (Wildman–Crippen MR) is 49.1 cm³/mol. The molecule has 0 aliphatic rings. The van der Waals surface area contributed by atoms with Gasteiger partial charge in [-0.3, -0.25) is 4.79 Å². The Bertz CT molecular complexity index is 178. The molecular weight excluding hydrogens is 188 g/mol. The van der Waals surface area contributed by atoms with Crippen molar-refractivity contribution in [3.63, 3.8) is 0 Å². The standard InChI is InChI=1S/C9H16O5/c1-13-8(10)6-4-2-3-5-7-14-9(11)12/h2-7H2,1H3,(H,11,12). The number of esters is 1. The molecule has 0 amide bonds. The second-order valence-electron chi connectivity index (χ2n) is 2.85. The van der Waals surface area contributed by atoms with Crippen LogP contribution in [-0.4, -0.2) is 30.9 Å². The first-order valence-corrected chi connectivity index (χ1v) is 4.59. The lowest BCUT2D eigenvalue weighted by Crippen LogP contribution is -2.02. The van der Waals surface area contributed by atoms with E-state index in [0.29, 0.717) is 12.8 Å². The molecule has 0 bridgehead atoms. The topological polar surface area (TPSA) is 72.8 Å². The largest absolute Gasteiger partial charge is 0.505 e. The van der Waals surface area contributed by atoms with Crippen LogP contribution in [0.25, 0.3) is 0 Å². The minimum Gasteiger partial charge on any atom is -0.469 e. The van der Waals surface area contributed by atoms with Gasteiger partial charge in [0, 0.05) is 6.42 Å². The molecule has 0 aromatic heterocycles. The molecule has 0 atom stereocenters. The van der Waals surface area contributed by atoms with Crippen molar-refractivity contribution in [2.24, 2.45) is 0 Å². The minimum absolute atomic E-state index is 0.202. The Hall–Kier alpha value is -1.26. The average Bonchev–Trinajstić information content (AvgIpc) is 2.15. The molecule has 0 aromatic rings. The Balaban J connectivity index is 3.06. The zero-order chi connectivity index (χ0) is 10.8. The van der Waals surface area contributed by atoms with E-state index in [1.165, 1.54) is 7.11 Å². The van der Waals surface area contributed by atoms with Crippen LogP contribution in [0, 0.1) is 0 Å². The highest BCUT2D eigenvalue weighted by Gasteiger charge is 1.99. The van der Waals surface area contributed by atoms with Crippen molar-refractivity contribution in [1.29, 1.82) is 0 Å². The molecule has 0 aromatic carbocycles. The van der Waals surface area contributed by atoms with E-state index in [9.17, 15) is 9.59 Å². The molecule has 0 saturated carbocycles. The summed E-state index contributed by atoms with van der Waals surface area (Å²) in [6.45, 7) is 0.230. The monoisotopic (exact) mass is 204 g/mol. The van der Waals surface area contributed by atoms with Gasteiger partial charge in [-0.15, -0.1) is 0 Å². The van der Waals surface area contributed by atoms with Gasteiger partial charge < -0.3 is 14.6 Å². The molecule has 0 unspecified atom stereocenters. The molecule has 0 aliphatic heterocycles. The molecule has 0 saturated heterocycles. The normalized spacial score (nSPS) is 9.50.